The monoisotopic (exact) mass is 596 g/mol. The molecule has 6 nitrogen and oxygen atoms in total. The number of halogens is 4. The zero-order chi connectivity index (χ0) is 30.5. The minimum atomic E-state index is -5.74. The molecule has 2 rings (SSSR count). The third-order valence-corrected chi connectivity index (χ3v) is 10.1. The molecule has 0 unspecified atom stereocenters. The Labute approximate surface area is 228 Å². The molecule has 0 fully saturated rings. The minimum Gasteiger partial charge on any atom is -0.372 e. The normalized spacial score (nSPS) is 13.6. The molecule has 0 radical (unpaired) electrons. The predicted octanol–water partition coefficient (Wildman–Crippen LogP) is 7.32. The molecule has 2 aromatic rings. The fourth-order valence-corrected chi connectivity index (χ4v) is 6.21. The van der Waals surface area contributed by atoms with Crippen LogP contribution in [0.15, 0.2) is 21.9 Å². The second kappa shape index (κ2) is 10.7. The first-order valence-electron chi connectivity index (χ1n) is 12.5. The molecule has 0 aliphatic carbocycles. The average molecular weight is 597 g/mol. The molecule has 39 heavy (non-hydrogen) atoms. The first kappa shape index (κ1) is 33.0. The van der Waals surface area contributed by atoms with Crippen LogP contribution < -0.4 is 4.18 Å². The Bertz CT molecular complexity index is 1430. The van der Waals surface area contributed by atoms with Gasteiger partial charge in [-0.3, -0.25) is 4.55 Å². The van der Waals surface area contributed by atoms with E-state index in [1.54, 1.807) is 39.8 Å². The van der Waals surface area contributed by atoms with Gasteiger partial charge in [-0.1, -0.05) is 74.4 Å². The Hall–Kier alpha value is -2.18. The standard InChI is InChI=1S/C27H36F4O6S2/c1-10-25(4,5)15-13-16(26(6,7)11-2)23(17(14-15)27(8,9)12-3)39(35,36)37-22-18(28)20(30)24(38(32,33)34)21(31)19(22)29/h13-14H,10-12H2,1-9H3,(H,32,33,34). The van der Waals surface area contributed by atoms with Crippen LogP contribution in [0.3, 0.4) is 0 Å². The van der Waals surface area contributed by atoms with E-state index in [4.69, 9.17) is 8.74 Å². The molecule has 1 N–H and O–H groups in total. The van der Waals surface area contributed by atoms with E-state index >= 15 is 0 Å². The summed E-state index contributed by atoms with van der Waals surface area (Å²) in [4.78, 5) is -2.69. The van der Waals surface area contributed by atoms with Crippen LogP contribution >= 0.6 is 0 Å². The van der Waals surface area contributed by atoms with E-state index < -0.39 is 69.9 Å². The van der Waals surface area contributed by atoms with Gasteiger partial charge in [0.05, 0.1) is 0 Å². The topological polar surface area (TPSA) is 97.7 Å². The second-order valence-corrected chi connectivity index (χ2v) is 14.4. The molecular formula is C27H36F4O6S2. The Morgan fingerprint density at radius 1 is 0.667 bits per heavy atom. The van der Waals surface area contributed by atoms with Crippen molar-refractivity contribution in [3.8, 4) is 5.75 Å². The zero-order valence-electron chi connectivity index (χ0n) is 23.6. The van der Waals surface area contributed by atoms with Crippen LogP contribution in [0.4, 0.5) is 17.6 Å². The van der Waals surface area contributed by atoms with Crippen molar-refractivity contribution in [2.45, 2.75) is 108 Å². The molecule has 0 saturated carbocycles. The maximum Gasteiger partial charge on any atom is 0.340 e. The molecule has 0 aliphatic heterocycles. The summed E-state index contributed by atoms with van der Waals surface area (Å²) in [6.07, 6.45) is 1.61. The van der Waals surface area contributed by atoms with Crippen molar-refractivity contribution in [1.29, 1.82) is 0 Å². The van der Waals surface area contributed by atoms with Crippen molar-refractivity contribution in [3.05, 3.63) is 52.1 Å². The van der Waals surface area contributed by atoms with Gasteiger partial charge in [0, 0.05) is 0 Å². The van der Waals surface area contributed by atoms with E-state index in [2.05, 4.69) is 0 Å². The second-order valence-electron chi connectivity index (χ2n) is 11.5. The third-order valence-electron chi connectivity index (χ3n) is 7.86. The first-order valence-corrected chi connectivity index (χ1v) is 15.3. The van der Waals surface area contributed by atoms with Crippen LogP contribution in [-0.4, -0.2) is 21.4 Å². The molecule has 12 heteroatoms. The number of benzene rings is 2. The molecular weight excluding hydrogens is 560 g/mol. The lowest BCUT2D eigenvalue weighted by Crippen LogP contribution is -2.30. The van der Waals surface area contributed by atoms with Crippen LogP contribution in [0.25, 0.3) is 0 Å². The Morgan fingerprint density at radius 3 is 1.33 bits per heavy atom. The average Bonchev–Trinajstić information content (AvgIpc) is 2.83. The summed E-state index contributed by atoms with van der Waals surface area (Å²) in [5, 5.41) is 0. The Morgan fingerprint density at radius 2 is 1.03 bits per heavy atom. The lowest BCUT2D eigenvalue weighted by molar-refractivity contribution is 0.363. The largest absolute Gasteiger partial charge is 0.372 e. The van der Waals surface area contributed by atoms with E-state index in [1.165, 1.54) is 0 Å². The van der Waals surface area contributed by atoms with E-state index in [9.17, 15) is 34.4 Å². The SMILES string of the molecule is CCC(C)(C)c1cc(C(C)(C)CC)c(S(=O)(=O)Oc2c(F)c(F)c(S(=O)(=O)O)c(F)c2F)c(C(C)(C)CC)c1. The van der Waals surface area contributed by atoms with Gasteiger partial charge in [-0.05, 0) is 52.2 Å². The van der Waals surface area contributed by atoms with Crippen molar-refractivity contribution < 1.29 is 43.1 Å². The molecule has 0 heterocycles. The van der Waals surface area contributed by atoms with Gasteiger partial charge in [-0.15, -0.1) is 0 Å². The van der Waals surface area contributed by atoms with Gasteiger partial charge >= 0.3 is 20.2 Å². The smallest absolute Gasteiger partial charge is 0.340 e. The van der Waals surface area contributed by atoms with E-state index in [0.717, 1.165) is 5.56 Å². The molecule has 0 spiro atoms. The minimum absolute atomic E-state index is 0.289. The van der Waals surface area contributed by atoms with Crippen LogP contribution in [0.1, 0.15) is 98.3 Å². The third kappa shape index (κ3) is 6.12. The molecule has 0 bridgehead atoms. The maximum atomic E-state index is 14.8. The first-order chi connectivity index (χ1) is 17.5. The summed E-state index contributed by atoms with van der Waals surface area (Å²) < 4.78 is 123. The van der Waals surface area contributed by atoms with Gasteiger partial charge in [0.2, 0.25) is 17.4 Å². The quantitative estimate of drug-likeness (QED) is 0.134. The molecule has 220 valence electrons. The van der Waals surface area contributed by atoms with Crippen LogP contribution in [0.5, 0.6) is 5.75 Å². The molecule has 0 amide bonds. The van der Waals surface area contributed by atoms with Crippen LogP contribution in [0, 0.1) is 23.3 Å². The Balaban J connectivity index is 3.07. The lowest BCUT2D eigenvalue weighted by Gasteiger charge is -2.35. The van der Waals surface area contributed by atoms with E-state index in [1.807, 2.05) is 34.6 Å². The number of hydrogen-bond acceptors (Lipinski definition) is 5. The lowest BCUT2D eigenvalue weighted by atomic mass is 9.72. The highest BCUT2D eigenvalue weighted by Crippen LogP contribution is 2.45. The van der Waals surface area contributed by atoms with Gasteiger partial charge < -0.3 is 4.18 Å². The predicted molar refractivity (Wildman–Crippen MR) is 140 cm³/mol. The van der Waals surface area contributed by atoms with Crippen molar-refractivity contribution >= 4 is 20.2 Å². The number of hydrogen-bond donors (Lipinski definition) is 1. The highest BCUT2D eigenvalue weighted by molar-refractivity contribution is 7.87. The summed E-state index contributed by atoms with van der Waals surface area (Å²) >= 11 is 0. The summed E-state index contributed by atoms with van der Waals surface area (Å²) in [5.41, 5.74) is -0.576. The molecule has 0 atom stereocenters. The van der Waals surface area contributed by atoms with Crippen molar-refractivity contribution in [2.75, 3.05) is 0 Å². The molecule has 0 saturated heterocycles. The summed E-state index contributed by atoms with van der Waals surface area (Å²) in [5.74, 6) is -11.9. The highest BCUT2D eigenvalue weighted by Gasteiger charge is 2.41. The summed E-state index contributed by atoms with van der Waals surface area (Å²) in [6.45, 7) is 16.8. The maximum absolute atomic E-state index is 14.8. The van der Waals surface area contributed by atoms with Gasteiger partial charge in [-0.2, -0.15) is 25.6 Å². The van der Waals surface area contributed by atoms with Crippen LogP contribution in [-0.2, 0) is 36.5 Å². The van der Waals surface area contributed by atoms with Gasteiger partial charge in [0.15, 0.2) is 16.5 Å². The summed E-state index contributed by atoms with van der Waals surface area (Å²) in [7, 11) is -10.9. The fraction of sp³-hybridized carbons (Fsp3) is 0.556. The fourth-order valence-electron chi connectivity index (χ4n) is 3.92. The zero-order valence-corrected chi connectivity index (χ0v) is 25.2. The van der Waals surface area contributed by atoms with Crippen molar-refractivity contribution in [3.63, 3.8) is 0 Å². The highest BCUT2D eigenvalue weighted by atomic mass is 32.2. The van der Waals surface area contributed by atoms with Gasteiger partial charge in [0.25, 0.3) is 0 Å². The van der Waals surface area contributed by atoms with Crippen molar-refractivity contribution in [2.24, 2.45) is 0 Å². The van der Waals surface area contributed by atoms with Crippen LogP contribution in [0.2, 0.25) is 0 Å². The van der Waals surface area contributed by atoms with Crippen molar-refractivity contribution in [1.82, 2.24) is 0 Å². The molecule has 0 aromatic heterocycles. The summed E-state index contributed by atoms with van der Waals surface area (Å²) in [6, 6.07) is 3.40. The molecule has 0 aliphatic rings. The number of rotatable bonds is 10. The van der Waals surface area contributed by atoms with E-state index in [0.29, 0.717) is 19.3 Å². The Kier molecular flexibility index (Phi) is 9.03. The van der Waals surface area contributed by atoms with Gasteiger partial charge in [-0.25, -0.2) is 8.78 Å². The van der Waals surface area contributed by atoms with E-state index in [-0.39, 0.29) is 16.5 Å². The van der Waals surface area contributed by atoms with Gasteiger partial charge in [0.1, 0.15) is 4.90 Å². The molecule has 2 aromatic carbocycles.